The lowest BCUT2D eigenvalue weighted by Crippen LogP contribution is -2.44. The number of urea groups is 1. The summed E-state index contributed by atoms with van der Waals surface area (Å²) in [7, 11) is 3.00. The quantitative estimate of drug-likeness (QED) is 0.805. The maximum Gasteiger partial charge on any atom is 0.321 e. The smallest absolute Gasteiger partial charge is 0.321 e. The number of nitrogens with one attached hydrogen (secondary N) is 1. The minimum Gasteiger partial charge on any atom is -0.495 e. The molecule has 1 aromatic carbocycles. The van der Waals surface area contributed by atoms with Gasteiger partial charge in [0.2, 0.25) is 0 Å². The maximum atomic E-state index is 12.6. The van der Waals surface area contributed by atoms with Crippen molar-refractivity contribution in [2.45, 2.75) is 19.8 Å². The summed E-state index contributed by atoms with van der Waals surface area (Å²) >= 11 is 6.12. The highest BCUT2D eigenvalue weighted by Crippen LogP contribution is 2.36. The van der Waals surface area contributed by atoms with E-state index in [2.05, 4.69) is 5.32 Å². The van der Waals surface area contributed by atoms with Gasteiger partial charge in [-0.1, -0.05) is 11.6 Å². The van der Waals surface area contributed by atoms with Gasteiger partial charge in [-0.3, -0.25) is 4.79 Å². The number of esters is 1. The fourth-order valence-electron chi connectivity index (χ4n) is 2.77. The molecule has 1 unspecified atom stereocenters. The van der Waals surface area contributed by atoms with E-state index < -0.39 is 0 Å². The number of carbonyl (C=O) groups excluding carboxylic acids is 2. The van der Waals surface area contributed by atoms with Gasteiger partial charge in [0, 0.05) is 19.2 Å². The molecule has 1 saturated heterocycles. The van der Waals surface area contributed by atoms with E-state index in [0.717, 1.165) is 12.8 Å². The van der Waals surface area contributed by atoms with Gasteiger partial charge in [-0.25, -0.2) is 4.79 Å². The van der Waals surface area contributed by atoms with Crippen LogP contribution >= 0.6 is 11.6 Å². The number of halogens is 1. The molecule has 0 bridgehead atoms. The molecule has 1 atom stereocenters. The second-order valence-corrected chi connectivity index (χ2v) is 6.06. The standard InChI is InChI=1S/C17H23ClN2O5/c1-4-25-16(21)11-6-5-7-20(10-11)17(22)19-13-8-12(18)14(23-2)9-15(13)24-3/h8-9,11H,4-7,10H2,1-3H3,(H,19,22). The van der Waals surface area contributed by atoms with Crippen molar-refractivity contribution >= 4 is 29.3 Å². The third-order valence-corrected chi connectivity index (χ3v) is 4.34. The van der Waals surface area contributed by atoms with E-state index in [1.807, 2.05) is 0 Å². The zero-order valence-corrected chi connectivity index (χ0v) is 15.4. The normalized spacial score (nSPS) is 17.0. The molecule has 1 aromatic rings. The Hall–Kier alpha value is -2.15. The SMILES string of the molecule is CCOC(=O)C1CCCN(C(=O)Nc2cc(Cl)c(OC)cc2OC)C1. The van der Waals surface area contributed by atoms with Gasteiger partial charge in [0.05, 0.1) is 37.5 Å². The molecule has 7 nitrogen and oxygen atoms in total. The second-order valence-electron chi connectivity index (χ2n) is 5.65. The van der Waals surface area contributed by atoms with Gasteiger partial charge in [-0.05, 0) is 25.8 Å². The fourth-order valence-corrected chi connectivity index (χ4v) is 3.01. The van der Waals surface area contributed by atoms with Crippen LogP contribution in [0.3, 0.4) is 0 Å². The van der Waals surface area contributed by atoms with Gasteiger partial charge in [0.1, 0.15) is 11.5 Å². The van der Waals surface area contributed by atoms with Gasteiger partial charge >= 0.3 is 12.0 Å². The van der Waals surface area contributed by atoms with E-state index in [9.17, 15) is 9.59 Å². The maximum absolute atomic E-state index is 12.6. The summed E-state index contributed by atoms with van der Waals surface area (Å²) in [5, 5.41) is 3.15. The van der Waals surface area contributed by atoms with Crippen LogP contribution in [0.5, 0.6) is 11.5 Å². The van der Waals surface area contributed by atoms with E-state index in [1.54, 1.807) is 24.0 Å². The Kier molecular flexibility index (Phi) is 6.75. The van der Waals surface area contributed by atoms with E-state index >= 15 is 0 Å². The monoisotopic (exact) mass is 370 g/mol. The number of piperidine rings is 1. The Morgan fingerprint density at radius 2 is 2.00 bits per heavy atom. The lowest BCUT2D eigenvalue weighted by Gasteiger charge is -2.31. The third kappa shape index (κ3) is 4.69. The molecular formula is C17H23ClN2O5. The number of carbonyl (C=O) groups is 2. The number of ether oxygens (including phenoxy) is 3. The van der Waals surface area contributed by atoms with Crippen LogP contribution in [0.1, 0.15) is 19.8 Å². The predicted molar refractivity (Wildman–Crippen MR) is 94.5 cm³/mol. The number of anilines is 1. The second kappa shape index (κ2) is 8.80. The van der Waals surface area contributed by atoms with Crippen LogP contribution in [0.4, 0.5) is 10.5 Å². The molecule has 0 saturated carbocycles. The van der Waals surface area contributed by atoms with Gasteiger partial charge in [-0.2, -0.15) is 0 Å². The van der Waals surface area contributed by atoms with Crippen molar-refractivity contribution in [2.75, 3.05) is 39.2 Å². The Labute approximate surface area is 152 Å². The summed E-state index contributed by atoms with van der Waals surface area (Å²) < 4.78 is 15.5. The molecule has 0 aliphatic carbocycles. The zero-order valence-electron chi connectivity index (χ0n) is 14.6. The molecular weight excluding hydrogens is 348 g/mol. The van der Waals surface area contributed by atoms with Crippen molar-refractivity contribution in [3.8, 4) is 11.5 Å². The Morgan fingerprint density at radius 1 is 1.28 bits per heavy atom. The van der Waals surface area contributed by atoms with Gasteiger partial charge in [0.25, 0.3) is 0 Å². The first-order valence-corrected chi connectivity index (χ1v) is 8.52. The molecule has 0 aromatic heterocycles. The number of rotatable bonds is 5. The molecule has 0 radical (unpaired) electrons. The Bertz CT molecular complexity index is 638. The lowest BCUT2D eigenvalue weighted by molar-refractivity contribution is -0.149. The van der Waals surface area contributed by atoms with Crippen LogP contribution in [0.25, 0.3) is 0 Å². The molecule has 0 spiro atoms. The minimum atomic E-state index is -0.312. The average Bonchev–Trinajstić information content (AvgIpc) is 2.62. The fraction of sp³-hybridized carbons (Fsp3) is 0.529. The summed E-state index contributed by atoms with van der Waals surface area (Å²) in [5.74, 6) is 0.344. The van der Waals surface area contributed by atoms with E-state index in [1.165, 1.54) is 14.2 Å². The summed E-state index contributed by atoms with van der Waals surface area (Å²) in [5.41, 5.74) is 0.441. The summed E-state index contributed by atoms with van der Waals surface area (Å²) in [6.07, 6.45) is 1.47. The number of nitrogens with zero attached hydrogens (tertiary/aromatic N) is 1. The van der Waals surface area contributed by atoms with Gasteiger partial charge in [0.15, 0.2) is 0 Å². The number of benzene rings is 1. The summed E-state index contributed by atoms with van der Waals surface area (Å²) in [4.78, 5) is 26.1. The highest BCUT2D eigenvalue weighted by atomic mass is 35.5. The number of likely N-dealkylation sites (tertiary alicyclic amines) is 1. The number of hydrogen-bond donors (Lipinski definition) is 1. The topological polar surface area (TPSA) is 77.1 Å². The summed E-state index contributed by atoms with van der Waals surface area (Å²) in [6.45, 7) is 3.01. The Morgan fingerprint density at radius 3 is 2.64 bits per heavy atom. The number of amides is 2. The van der Waals surface area contributed by atoms with Crippen LogP contribution in [0.2, 0.25) is 5.02 Å². The predicted octanol–water partition coefficient (Wildman–Crippen LogP) is 3.16. The average molecular weight is 371 g/mol. The van der Waals surface area contributed by atoms with Crippen LogP contribution in [0, 0.1) is 5.92 Å². The van der Waals surface area contributed by atoms with Crippen molar-refractivity contribution in [3.05, 3.63) is 17.2 Å². The highest BCUT2D eigenvalue weighted by molar-refractivity contribution is 6.32. The van der Waals surface area contributed by atoms with Crippen molar-refractivity contribution in [1.82, 2.24) is 4.90 Å². The van der Waals surface area contributed by atoms with E-state index in [-0.39, 0.29) is 17.9 Å². The zero-order chi connectivity index (χ0) is 18.4. The van der Waals surface area contributed by atoms with Gasteiger partial charge in [-0.15, -0.1) is 0 Å². The molecule has 1 heterocycles. The van der Waals surface area contributed by atoms with E-state index in [4.69, 9.17) is 25.8 Å². The molecule has 2 rings (SSSR count). The van der Waals surface area contributed by atoms with Crippen LogP contribution in [-0.4, -0.2) is 50.8 Å². The first-order valence-electron chi connectivity index (χ1n) is 8.14. The first-order chi connectivity index (χ1) is 12.0. The van der Waals surface area contributed by atoms with Gasteiger partial charge < -0.3 is 24.4 Å². The lowest BCUT2D eigenvalue weighted by atomic mass is 9.98. The molecule has 1 N–H and O–H groups in total. The van der Waals surface area contributed by atoms with Crippen LogP contribution in [-0.2, 0) is 9.53 Å². The van der Waals surface area contributed by atoms with E-state index in [0.29, 0.717) is 41.9 Å². The molecule has 2 amide bonds. The largest absolute Gasteiger partial charge is 0.495 e. The van der Waals surface area contributed by atoms with Crippen molar-refractivity contribution < 1.29 is 23.8 Å². The van der Waals surface area contributed by atoms with Crippen molar-refractivity contribution in [1.29, 1.82) is 0 Å². The van der Waals surface area contributed by atoms with Crippen molar-refractivity contribution in [2.24, 2.45) is 5.92 Å². The van der Waals surface area contributed by atoms with Crippen molar-refractivity contribution in [3.63, 3.8) is 0 Å². The molecule has 1 aliphatic rings. The van der Waals surface area contributed by atoms with Crippen LogP contribution < -0.4 is 14.8 Å². The number of hydrogen-bond acceptors (Lipinski definition) is 5. The molecule has 25 heavy (non-hydrogen) atoms. The highest BCUT2D eigenvalue weighted by Gasteiger charge is 2.29. The first kappa shape index (κ1) is 19.2. The minimum absolute atomic E-state index is 0.259. The molecule has 8 heteroatoms. The Balaban J connectivity index is 2.08. The molecule has 1 aliphatic heterocycles. The molecule has 138 valence electrons. The number of methoxy groups -OCH3 is 2. The summed E-state index contributed by atoms with van der Waals surface area (Å²) in [6, 6.07) is 2.87. The molecule has 1 fully saturated rings. The third-order valence-electron chi connectivity index (χ3n) is 4.04. The van der Waals surface area contributed by atoms with Crippen LogP contribution in [0.15, 0.2) is 12.1 Å².